The Morgan fingerprint density at radius 1 is 1.31 bits per heavy atom. The zero-order valence-corrected chi connectivity index (χ0v) is 9.62. The lowest BCUT2D eigenvalue weighted by Gasteiger charge is -2.05. The molecule has 0 saturated heterocycles. The molecule has 2 rings (SSSR count). The second-order valence-electron chi connectivity index (χ2n) is 4.45. The van der Waals surface area contributed by atoms with E-state index in [9.17, 15) is 4.79 Å². The van der Waals surface area contributed by atoms with Gasteiger partial charge in [0, 0.05) is 19.2 Å². The fraction of sp³-hybridized carbons (Fsp3) is 0.462. The Morgan fingerprint density at radius 2 is 2.00 bits per heavy atom. The van der Waals surface area contributed by atoms with E-state index in [-0.39, 0.29) is 5.91 Å². The first kappa shape index (κ1) is 11.1. The zero-order valence-electron chi connectivity index (χ0n) is 9.62. The van der Waals surface area contributed by atoms with Crippen LogP contribution in [0.2, 0.25) is 0 Å². The molecule has 1 aromatic carbocycles. The average molecular weight is 218 g/mol. The smallest absolute Gasteiger partial charge is 0.221 e. The first-order chi connectivity index (χ1) is 7.74. The third-order valence-electron chi connectivity index (χ3n) is 2.73. The van der Waals surface area contributed by atoms with Gasteiger partial charge >= 0.3 is 0 Å². The van der Waals surface area contributed by atoms with Crippen LogP contribution in [0, 0.1) is 5.92 Å². The molecule has 0 heterocycles. The van der Waals surface area contributed by atoms with Crippen LogP contribution in [0.15, 0.2) is 24.3 Å². The molecule has 1 fully saturated rings. The third-order valence-corrected chi connectivity index (χ3v) is 2.73. The number of rotatable bonds is 5. The molecule has 1 aliphatic carbocycles. The molecule has 0 spiro atoms. The highest BCUT2D eigenvalue weighted by Crippen LogP contribution is 2.27. The van der Waals surface area contributed by atoms with Crippen LogP contribution >= 0.6 is 0 Å². The van der Waals surface area contributed by atoms with Crippen molar-refractivity contribution in [2.75, 3.05) is 11.9 Å². The van der Waals surface area contributed by atoms with Crippen molar-refractivity contribution < 1.29 is 4.79 Å². The Balaban J connectivity index is 1.78. The summed E-state index contributed by atoms with van der Waals surface area (Å²) in [6.45, 7) is 3.56. The molecule has 1 aromatic rings. The van der Waals surface area contributed by atoms with Crippen LogP contribution in [0.4, 0.5) is 5.69 Å². The molecule has 1 amide bonds. The maximum absolute atomic E-state index is 10.8. The zero-order chi connectivity index (χ0) is 11.4. The minimum absolute atomic E-state index is 0.0281. The monoisotopic (exact) mass is 218 g/mol. The van der Waals surface area contributed by atoms with E-state index in [2.05, 4.69) is 10.6 Å². The van der Waals surface area contributed by atoms with Crippen molar-refractivity contribution in [1.29, 1.82) is 0 Å². The van der Waals surface area contributed by atoms with Crippen LogP contribution < -0.4 is 10.6 Å². The topological polar surface area (TPSA) is 41.1 Å². The first-order valence-electron chi connectivity index (χ1n) is 5.81. The summed E-state index contributed by atoms with van der Waals surface area (Å²) in [4.78, 5) is 10.8. The molecule has 0 aromatic heterocycles. The summed E-state index contributed by atoms with van der Waals surface area (Å²) in [7, 11) is 0. The van der Waals surface area contributed by atoms with Crippen molar-refractivity contribution in [1.82, 2.24) is 5.32 Å². The summed E-state index contributed by atoms with van der Waals surface area (Å²) < 4.78 is 0. The van der Waals surface area contributed by atoms with Gasteiger partial charge in [-0.3, -0.25) is 4.79 Å². The minimum Gasteiger partial charge on any atom is -0.326 e. The predicted molar refractivity (Wildman–Crippen MR) is 65.2 cm³/mol. The Hall–Kier alpha value is -1.35. The molecule has 0 bridgehead atoms. The molecular weight excluding hydrogens is 200 g/mol. The highest BCUT2D eigenvalue weighted by atomic mass is 16.1. The van der Waals surface area contributed by atoms with Gasteiger partial charge in [0.1, 0.15) is 0 Å². The van der Waals surface area contributed by atoms with Gasteiger partial charge in [0.25, 0.3) is 0 Å². The van der Waals surface area contributed by atoms with E-state index in [1.54, 1.807) is 0 Å². The van der Waals surface area contributed by atoms with Crippen LogP contribution in [0.1, 0.15) is 25.3 Å². The summed E-state index contributed by atoms with van der Waals surface area (Å²) in [6, 6.07) is 7.97. The molecule has 0 radical (unpaired) electrons. The third kappa shape index (κ3) is 3.66. The molecule has 3 nitrogen and oxygen atoms in total. The first-order valence-corrected chi connectivity index (χ1v) is 5.81. The normalized spacial score (nSPS) is 14.8. The van der Waals surface area contributed by atoms with Gasteiger partial charge in [-0.15, -0.1) is 0 Å². The molecule has 1 saturated carbocycles. The molecule has 0 unspecified atom stereocenters. The van der Waals surface area contributed by atoms with Gasteiger partial charge in [0.2, 0.25) is 5.91 Å². The average Bonchev–Trinajstić information content (AvgIpc) is 3.04. The van der Waals surface area contributed by atoms with Crippen LogP contribution in [-0.4, -0.2) is 12.5 Å². The number of carbonyl (C=O) groups is 1. The molecule has 86 valence electrons. The number of anilines is 1. The number of carbonyl (C=O) groups excluding carboxylic acids is 1. The number of hydrogen-bond acceptors (Lipinski definition) is 2. The van der Waals surface area contributed by atoms with Gasteiger partial charge in [-0.05, 0) is 43.0 Å². The summed E-state index contributed by atoms with van der Waals surface area (Å²) in [5.41, 5.74) is 2.12. The van der Waals surface area contributed by atoms with Crippen LogP contribution in [0.25, 0.3) is 0 Å². The summed E-state index contributed by atoms with van der Waals surface area (Å²) in [6.07, 6.45) is 2.77. The van der Waals surface area contributed by atoms with E-state index in [4.69, 9.17) is 0 Å². The predicted octanol–water partition coefficient (Wildman–Crippen LogP) is 2.14. The Morgan fingerprint density at radius 3 is 2.56 bits per heavy atom. The standard InChI is InChI=1S/C13H18N2O/c1-10(16)15-13-6-4-12(5-7-13)9-14-8-11-2-3-11/h4-7,11,14H,2-3,8-9H2,1H3,(H,15,16). The highest BCUT2D eigenvalue weighted by molar-refractivity contribution is 5.88. The van der Waals surface area contributed by atoms with E-state index in [0.29, 0.717) is 0 Å². The summed E-state index contributed by atoms with van der Waals surface area (Å²) >= 11 is 0. The van der Waals surface area contributed by atoms with E-state index in [1.165, 1.54) is 25.3 Å². The van der Waals surface area contributed by atoms with Gasteiger partial charge in [-0.25, -0.2) is 0 Å². The Kier molecular flexibility index (Phi) is 3.57. The maximum atomic E-state index is 10.8. The van der Waals surface area contributed by atoms with E-state index < -0.39 is 0 Å². The molecular formula is C13H18N2O. The lowest BCUT2D eigenvalue weighted by atomic mass is 10.2. The van der Waals surface area contributed by atoms with Gasteiger partial charge in [-0.2, -0.15) is 0 Å². The van der Waals surface area contributed by atoms with E-state index >= 15 is 0 Å². The number of nitrogens with one attached hydrogen (secondary N) is 2. The lowest BCUT2D eigenvalue weighted by Crippen LogP contribution is -2.16. The van der Waals surface area contributed by atoms with Crippen LogP contribution in [-0.2, 0) is 11.3 Å². The number of amides is 1. The van der Waals surface area contributed by atoms with Gasteiger partial charge in [0.05, 0.1) is 0 Å². The van der Waals surface area contributed by atoms with Gasteiger partial charge < -0.3 is 10.6 Å². The minimum atomic E-state index is -0.0281. The maximum Gasteiger partial charge on any atom is 0.221 e. The molecule has 2 N–H and O–H groups in total. The Labute approximate surface area is 96.2 Å². The van der Waals surface area contributed by atoms with Crippen molar-refractivity contribution >= 4 is 11.6 Å². The summed E-state index contributed by atoms with van der Waals surface area (Å²) in [5, 5.41) is 6.19. The van der Waals surface area contributed by atoms with Gasteiger partial charge in [-0.1, -0.05) is 12.1 Å². The lowest BCUT2D eigenvalue weighted by molar-refractivity contribution is -0.114. The second kappa shape index (κ2) is 5.12. The van der Waals surface area contributed by atoms with E-state index in [0.717, 1.165) is 24.7 Å². The van der Waals surface area contributed by atoms with E-state index in [1.807, 2.05) is 24.3 Å². The second-order valence-corrected chi connectivity index (χ2v) is 4.45. The van der Waals surface area contributed by atoms with Crippen LogP contribution in [0.5, 0.6) is 0 Å². The SMILES string of the molecule is CC(=O)Nc1ccc(CNCC2CC2)cc1. The van der Waals surface area contributed by atoms with Crippen molar-refractivity contribution in [3.05, 3.63) is 29.8 Å². The van der Waals surface area contributed by atoms with Gasteiger partial charge in [0.15, 0.2) is 0 Å². The molecule has 16 heavy (non-hydrogen) atoms. The van der Waals surface area contributed by atoms with Crippen molar-refractivity contribution in [2.24, 2.45) is 5.92 Å². The summed E-state index contributed by atoms with van der Waals surface area (Å²) in [5.74, 6) is 0.887. The largest absolute Gasteiger partial charge is 0.326 e. The van der Waals surface area contributed by atoms with Crippen molar-refractivity contribution in [2.45, 2.75) is 26.3 Å². The fourth-order valence-electron chi connectivity index (χ4n) is 1.65. The number of hydrogen-bond donors (Lipinski definition) is 2. The molecule has 0 atom stereocenters. The van der Waals surface area contributed by atoms with Crippen LogP contribution in [0.3, 0.4) is 0 Å². The number of benzene rings is 1. The molecule has 0 aliphatic heterocycles. The molecule has 3 heteroatoms. The molecule has 1 aliphatic rings. The quantitative estimate of drug-likeness (QED) is 0.795. The fourth-order valence-corrected chi connectivity index (χ4v) is 1.65. The van der Waals surface area contributed by atoms with Crippen molar-refractivity contribution in [3.63, 3.8) is 0 Å². The van der Waals surface area contributed by atoms with Crippen molar-refractivity contribution in [3.8, 4) is 0 Å². The highest BCUT2D eigenvalue weighted by Gasteiger charge is 2.19. The Bertz CT molecular complexity index is 355.